The molecular weight excluding hydrogens is 156 g/mol. The number of ether oxygens (including phenoxy) is 2. The first-order valence-corrected chi connectivity index (χ1v) is 4.18. The maximum atomic E-state index is 11.0. The molecule has 1 heterocycles. The average molecular weight is 170 g/mol. The van der Waals surface area contributed by atoms with Crippen LogP contribution in [0.1, 0.15) is 19.8 Å². The van der Waals surface area contributed by atoms with Crippen LogP contribution in [0.3, 0.4) is 0 Å². The van der Waals surface area contributed by atoms with Gasteiger partial charge in [0.15, 0.2) is 6.10 Å². The third-order valence-corrected chi connectivity index (χ3v) is 1.94. The summed E-state index contributed by atoms with van der Waals surface area (Å²) in [5.41, 5.74) is 0. The third kappa shape index (κ3) is 2.08. The summed E-state index contributed by atoms with van der Waals surface area (Å²) in [6, 6.07) is 0. The van der Waals surface area contributed by atoms with Gasteiger partial charge in [-0.3, -0.25) is 0 Å². The Morgan fingerprint density at radius 2 is 2.50 bits per heavy atom. The Morgan fingerprint density at radius 3 is 3.08 bits per heavy atom. The maximum Gasteiger partial charge on any atom is 0.339 e. The fraction of sp³-hybridized carbons (Fsp3) is 0.667. The Kier molecular flexibility index (Phi) is 3.29. The molecule has 3 heteroatoms. The first-order chi connectivity index (χ1) is 5.77. The van der Waals surface area contributed by atoms with Gasteiger partial charge in [0.2, 0.25) is 0 Å². The Balaban J connectivity index is 2.51. The maximum absolute atomic E-state index is 11.0. The van der Waals surface area contributed by atoms with Gasteiger partial charge in [0, 0.05) is 0 Å². The zero-order chi connectivity index (χ0) is 8.97. The molecule has 0 aliphatic carbocycles. The van der Waals surface area contributed by atoms with Crippen molar-refractivity contribution in [1.29, 1.82) is 0 Å². The lowest BCUT2D eigenvalue weighted by molar-refractivity contribution is -0.154. The minimum absolute atomic E-state index is 0.166. The van der Waals surface area contributed by atoms with Crippen LogP contribution in [-0.2, 0) is 14.3 Å². The smallest absolute Gasteiger partial charge is 0.339 e. The van der Waals surface area contributed by atoms with Crippen molar-refractivity contribution in [2.45, 2.75) is 32.0 Å². The molecule has 1 rings (SSSR count). The molecule has 3 nitrogen and oxygen atoms in total. The third-order valence-electron chi connectivity index (χ3n) is 1.94. The van der Waals surface area contributed by atoms with Gasteiger partial charge in [0.05, 0.1) is 13.2 Å². The van der Waals surface area contributed by atoms with E-state index >= 15 is 0 Å². The zero-order valence-corrected chi connectivity index (χ0v) is 7.45. The molecule has 68 valence electrons. The average Bonchev–Trinajstić information content (AvgIpc) is 2.17. The second-order valence-electron chi connectivity index (χ2n) is 2.77. The van der Waals surface area contributed by atoms with Crippen molar-refractivity contribution in [3.05, 3.63) is 12.2 Å². The summed E-state index contributed by atoms with van der Waals surface area (Å²) >= 11 is 0. The normalized spacial score (nSPS) is 28.5. The van der Waals surface area contributed by atoms with E-state index in [1.807, 2.05) is 13.0 Å². The van der Waals surface area contributed by atoms with Gasteiger partial charge >= 0.3 is 5.97 Å². The molecule has 0 N–H and O–H groups in total. The van der Waals surface area contributed by atoms with Crippen molar-refractivity contribution in [2.75, 3.05) is 7.11 Å². The van der Waals surface area contributed by atoms with Gasteiger partial charge in [0.25, 0.3) is 0 Å². The van der Waals surface area contributed by atoms with E-state index < -0.39 is 6.10 Å². The topological polar surface area (TPSA) is 35.5 Å². The molecule has 1 aliphatic rings. The number of esters is 1. The highest BCUT2D eigenvalue weighted by Crippen LogP contribution is 2.15. The molecule has 12 heavy (non-hydrogen) atoms. The molecule has 0 unspecified atom stereocenters. The molecule has 0 saturated carbocycles. The second-order valence-corrected chi connectivity index (χ2v) is 2.77. The highest BCUT2D eigenvalue weighted by molar-refractivity contribution is 5.76. The molecule has 1 aliphatic heterocycles. The molecule has 0 saturated heterocycles. The van der Waals surface area contributed by atoms with E-state index in [-0.39, 0.29) is 12.1 Å². The van der Waals surface area contributed by atoms with Crippen LogP contribution in [0.2, 0.25) is 0 Å². The molecule has 2 atom stereocenters. The van der Waals surface area contributed by atoms with E-state index in [9.17, 15) is 4.79 Å². The Hall–Kier alpha value is -0.830. The summed E-state index contributed by atoms with van der Waals surface area (Å²) in [7, 11) is 1.37. The van der Waals surface area contributed by atoms with Crippen molar-refractivity contribution in [3.8, 4) is 0 Å². The van der Waals surface area contributed by atoms with Crippen LogP contribution in [0.25, 0.3) is 0 Å². The fourth-order valence-electron chi connectivity index (χ4n) is 1.18. The van der Waals surface area contributed by atoms with Crippen molar-refractivity contribution in [2.24, 2.45) is 0 Å². The van der Waals surface area contributed by atoms with Crippen LogP contribution in [0.15, 0.2) is 12.2 Å². The Bertz CT molecular complexity index is 186. The van der Waals surface area contributed by atoms with Crippen molar-refractivity contribution >= 4 is 5.97 Å². The summed E-state index contributed by atoms with van der Waals surface area (Å²) in [5, 5.41) is 0. The van der Waals surface area contributed by atoms with E-state index in [0.29, 0.717) is 0 Å². The predicted molar refractivity (Wildman–Crippen MR) is 44.7 cm³/mol. The fourth-order valence-corrected chi connectivity index (χ4v) is 1.18. The predicted octanol–water partition coefficient (Wildman–Crippen LogP) is 1.28. The number of carbonyl (C=O) groups is 1. The lowest BCUT2D eigenvalue weighted by atomic mass is 10.1. The minimum Gasteiger partial charge on any atom is -0.467 e. The van der Waals surface area contributed by atoms with Gasteiger partial charge < -0.3 is 9.47 Å². The van der Waals surface area contributed by atoms with E-state index in [1.54, 1.807) is 6.08 Å². The molecule has 0 fully saturated rings. The van der Waals surface area contributed by atoms with E-state index in [0.717, 1.165) is 12.8 Å². The van der Waals surface area contributed by atoms with Crippen molar-refractivity contribution in [3.63, 3.8) is 0 Å². The van der Waals surface area contributed by atoms with Crippen LogP contribution in [0.5, 0.6) is 0 Å². The van der Waals surface area contributed by atoms with Crippen LogP contribution < -0.4 is 0 Å². The standard InChI is InChI=1S/C9H14O3/c1-3-7-5-4-6-8(12-7)9(10)11-2/h4,6-8H,3,5H2,1-2H3/t7-,8-/m0/s1. The molecule has 0 aromatic heterocycles. The Morgan fingerprint density at radius 1 is 1.75 bits per heavy atom. The van der Waals surface area contributed by atoms with Crippen molar-refractivity contribution in [1.82, 2.24) is 0 Å². The van der Waals surface area contributed by atoms with E-state index in [2.05, 4.69) is 4.74 Å². The van der Waals surface area contributed by atoms with Gasteiger partial charge in [-0.05, 0) is 18.9 Å². The first-order valence-electron chi connectivity index (χ1n) is 4.18. The Labute approximate surface area is 72.4 Å². The number of rotatable bonds is 2. The number of hydrogen-bond acceptors (Lipinski definition) is 3. The summed E-state index contributed by atoms with van der Waals surface area (Å²) in [6.07, 6.45) is 5.21. The van der Waals surface area contributed by atoms with E-state index in [1.165, 1.54) is 7.11 Å². The van der Waals surface area contributed by atoms with Crippen LogP contribution in [-0.4, -0.2) is 25.3 Å². The monoisotopic (exact) mass is 170 g/mol. The van der Waals surface area contributed by atoms with Gasteiger partial charge in [0.1, 0.15) is 0 Å². The molecule has 0 aromatic rings. The highest BCUT2D eigenvalue weighted by Gasteiger charge is 2.23. The first kappa shape index (κ1) is 9.26. The summed E-state index contributed by atoms with van der Waals surface area (Å²) < 4.78 is 9.99. The lowest BCUT2D eigenvalue weighted by Crippen LogP contribution is -2.31. The molecule has 0 aromatic carbocycles. The summed E-state index contributed by atoms with van der Waals surface area (Å²) in [6.45, 7) is 2.04. The van der Waals surface area contributed by atoms with Crippen molar-refractivity contribution < 1.29 is 14.3 Å². The van der Waals surface area contributed by atoms with Crippen LogP contribution in [0.4, 0.5) is 0 Å². The number of carbonyl (C=O) groups excluding carboxylic acids is 1. The lowest BCUT2D eigenvalue weighted by Gasteiger charge is -2.22. The van der Waals surface area contributed by atoms with Crippen LogP contribution >= 0.6 is 0 Å². The quantitative estimate of drug-likeness (QED) is 0.462. The molecule has 0 amide bonds. The van der Waals surface area contributed by atoms with Crippen LogP contribution in [0, 0.1) is 0 Å². The number of methoxy groups -OCH3 is 1. The summed E-state index contributed by atoms with van der Waals surface area (Å²) in [5.74, 6) is -0.315. The molecule has 0 radical (unpaired) electrons. The second kappa shape index (κ2) is 4.26. The molecular formula is C9H14O3. The SMILES string of the molecule is CC[C@H]1CC=C[C@@H](C(=O)OC)O1. The van der Waals surface area contributed by atoms with Gasteiger partial charge in [-0.15, -0.1) is 0 Å². The van der Waals surface area contributed by atoms with Gasteiger partial charge in [-0.25, -0.2) is 4.79 Å². The number of hydrogen-bond donors (Lipinski definition) is 0. The zero-order valence-electron chi connectivity index (χ0n) is 7.45. The van der Waals surface area contributed by atoms with E-state index in [4.69, 9.17) is 4.74 Å². The minimum atomic E-state index is -0.492. The largest absolute Gasteiger partial charge is 0.467 e. The van der Waals surface area contributed by atoms with Gasteiger partial charge in [-0.2, -0.15) is 0 Å². The van der Waals surface area contributed by atoms with Gasteiger partial charge in [-0.1, -0.05) is 13.0 Å². The molecule has 0 bridgehead atoms. The highest BCUT2D eigenvalue weighted by atomic mass is 16.6. The molecule has 0 spiro atoms. The summed E-state index contributed by atoms with van der Waals surface area (Å²) in [4.78, 5) is 11.0.